The minimum Gasteiger partial charge on any atom is -0.497 e. The number of piperidine rings is 1. The van der Waals surface area contributed by atoms with Crippen LogP contribution >= 0.6 is 11.3 Å². The molecule has 1 fully saturated rings. The van der Waals surface area contributed by atoms with Gasteiger partial charge in [0.25, 0.3) is 15.9 Å². The van der Waals surface area contributed by atoms with E-state index >= 15 is 0 Å². The second-order valence-corrected chi connectivity index (χ2v) is 10.3. The van der Waals surface area contributed by atoms with Gasteiger partial charge in [-0.3, -0.25) is 4.79 Å². The second kappa shape index (κ2) is 10.4. The number of thiophene rings is 1. The van der Waals surface area contributed by atoms with Gasteiger partial charge in [-0.15, -0.1) is 11.3 Å². The van der Waals surface area contributed by atoms with Gasteiger partial charge in [-0.25, -0.2) is 8.42 Å². The number of hydrogen-bond donors (Lipinski definition) is 3. The van der Waals surface area contributed by atoms with E-state index in [1.807, 2.05) is 0 Å². The standard InChI is InChI=1S/C20H27N3O5S2/c1-28-17-4-2-3-15(13-17)20(25)22-14-18-5-6-19(29-18)30(26,27)23-10-7-16(8-11-23)21-9-12-24/h2-6,13,16,21,24H,7-12,14H2,1H3,(H,22,25). The van der Waals surface area contributed by atoms with Crippen molar-refractivity contribution in [2.75, 3.05) is 33.4 Å². The van der Waals surface area contributed by atoms with E-state index in [1.165, 1.54) is 15.6 Å². The average Bonchev–Trinajstić information content (AvgIpc) is 3.26. The predicted octanol–water partition coefficient (Wildman–Crippen LogP) is 1.42. The van der Waals surface area contributed by atoms with Crippen molar-refractivity contribution in [3.05, 3.63) is 46.8 Å². The number of amides is 1. The Balaban J connectivity index is 1.57. The molecule has 8 nitrogen and oxygen atoms in total. The summed E-state index contributed by atoms with van der Waals surface area (Å²) in [5.41, 5.74) is 0.483. The van der Waals surface area contributed by atoms with E-state index in [2.05, 4.69) is 10.6 Å². The van der Waals surface area contributed by atoms with Crippen LogP contribution in [0.25, 0.3) is 0 Å². The first-order chi connectivity index (χ1) is 14.4. The van der Waals surface area contributed by atoms with Crippen LogP contribution in [0.4, 0.5) is 0 Å². The molecule has 1 saturated heterocycles. The Morgan fingerprint density at radius 2 is 2.03 bits per heavy atom. The Hall–Kier alpha value is -1.98. The smallest absolute Gasteiger partial charge is 0.252 e. The Bertz CT molecular complexity index is 953. The fourth-order valence-electron chi connectivity index (χ4n) is 3.32. The summed E-state index contributed by atoms with van der Waals surface area (Å²) in [4.78, 5) is 13.1. The number of methoxy groups -OCH3 is 1. The normalized spacial score (nSPS) is 15.8. The maximum absolute atomic E-state index is 12.9. The van der Waals surface area contributed by atoms with Gasteiger partial charge in [0.2, 0.25) is 0 Å². The summed E-state index contributed by atoms with van der Waals surface area (Å²) < 4.78 is 32.8. The van der Waals surface area contributed by atoms with Gasteiger partial charge in [-0.1, -0.05) is 6.07 Å². The van der Waals surface area contributed by atoms with Crippen LogP contribution in [0.15, 0.2) is 40.6 Å². The highest BCUT2D eigenvalue weighted by atomic mass is 32.2. The van der Waals surface area contributed by atoms with Crippen LogP contribution in [0.1, 0.15) is 28.1 Å². The van der Waals surface area contributed by atoms with Crippen LogP contribution in [0.5, 0.6) is 5.75 Å². The van der Waals surface area contributed by atoms with Gasteiger partial charge in [0, 0.05) is 36.1 Å². The molecule has 1 aliphatic heterocycles. The van der Waals surface area contributed by atoms with Crippen molar-refractivity contribution >= 4 is 27.3 Å². The molecule has 0 saturated carbocycles. The minimum absolute atomic E-state index is 0.0742. The van der Waals surface area contributed by atoms with E-state index in [0.29, 0.717) is 43.8 Å². The molecule has 164 valence electrons. The van der Waals surface area contributed by atoms with Crippen LogP contribution in [-0.4, -0.2) is 63.1 Å². The number of ether oxygens (including phenoxy) is 1. The lowest BCUT2D eigenvalue weighted by molar-refractivity contribution is 0.0951. The summed E-state index contributed by atoms with van der Waals surface area (Å²) in [6.07, 6.45) is 1.43. The molecule has 0 bridgehead atoms. The minimum atomic E-state index is -3.54. The number of nitrogens with one attached hydrogen (secondary N) is 2. The Kier molecular flexibility index (Phi) is 7.84. The van der Waals surface area contributed by atoms with Gasteiger partial charge in [0.05, 0.1) is 20.3 Å². The van der Waals surface area contributed by atoms with Crippen LogP contribution < -0.4 is 15.4 Å². The van der Waals surface area contributed by atoms with E-state index in [9.17, 15) is 13.2 Å². The molecular weight excluding hydrogens is 426 g/mol. The lowest BCUT2D eigenvalue weighted by atomic mass is 10.1. The maximum Gasteiger partial charge on any atom is 0.252 e. The number of benzene rings is 1. The molecule has 1 aromatic heterocycles. The van der Waals surface area contributed by atoms with Gasteiger partial charge in [0.15, 0.2) is 0 Å². The number of carbonyl (C=O) groups excluding carboxylic acids is 1. The number of nitrogens with zero attached hydrogens (tertiary/aromatic N) is 1. The molecule has 1 aromatic carbocycles. The van der Waals surface area contributed by atoms with Crippen molar-refractivity contribution in [2.24, 2.45) is 0 Å². The predicted molar refractivity (Wildman–Crippen MR) is 115 cm³/mol. The lowest BCUT2D eigenvalue weighted by Crippen LogP contribution is -2.45. The molecular formula is C20H27N3O5S2. The number of aliphatic hydroxyl groups excluding tert-OH is 1. The van der Waals surface area contributed by atoms with Crippen molar-refractivity contribution in [2.45, 2.75) is 29.6 Å². The molecule has 2 heterocycles. The number of rotatable bonds is 9. The van der Waals surface area contributed by atoms with Crippen molar-refractivity contribution in [1.82, 2.24) is 14.9 Å². The molecule has 3 rings (SSSR count). The molecule has 30 heavy (non-hydrogen) atoms. The first-order valence-electron chi connectivity index (χ1n) is 9.79. The molecule has 3 N–H and O–H groups in total. The summed E-state index contributed by atoms with van der Waals surface area (Å²) in [5, 5.41) is 14.9. The van der Waals surface area contributed by atoms with Crippen molar-refractivity contribution in [3.8, 4) is 5.75 Å². The Morgan fingerprint density at radius 1 is 1.27 bits per heavy atom. The van der Waals surface area contributed by atoms with Gasteiger partial charge in [-0.2, -0.15) is 4.31 Å². The molecule has 0 atom stereocenters. The van der Waals surface area contributed by atoms with E-state index in [1.54, 1.807) is 43.5 Å². The highest BCUT2D eigenvalue weighted by molar-refractivity contribution is 7.91. The monoisotopic (exact) mass is 453 g/mol. The third kappa shape index (κ3) is 5.58. The zero-order chi connectivity index (χ0) is 21.6. The highest BCUT2D eigenvalue weighted by Gasteiger charge is 2.30. The summed E-state index contributed by atoms with van der Waals surface area (Å²) >= 11 is 1.18. The van der Waals surface area contributed by atoms with Gasteiger partial charge in [0.1, 0.15) is 9.96 Å². The number of carbonyl (C=O) groups is 1. The quantitative estimate of drug-likeness (QED) is 0.530. The summed E-state index contributed by atoms with van der Waals surface area (Å²) in [6.45, 7) is 1.75. The molecule has 1 aliphatic rings. The van der Waals surface area contributed by atoms with E-state index in [4.69, 9.17) is 9.84 Å². The fraction of sp³-hybridized carbons (Fsp3) is 0.450. The molecule has 0 aliphatic carbocycles. The fourth-order valence-corrected chi connectivity index (χ4v) is 6.24. The maximum atomic E-state index is 12.9. The van der Waals surface area contributed by atoms with Crippen molar-refractivity contribution in [3.63, 3.8) is 0 Å². The summed E-state index contributed by atoms with van der Waals surface area (Å²) in [7, 11) is -2.00. The third-order valence-corrected chi connectivity index (χ3v) is 8.44. The lowest BCUT2D eigenvalue weighted by Gasteiger charge is -2.31. The van der Waals surface area contributed by atoms with Gasteiger partial charge < -0.3 is 20.5 Å². The molecule has 0 unspecified atom stereocenters. The summed E-state index contributed by atoms with van der Waals surface area (Å²) in [5.74, 6) is 0.353. The molecule has 0 radical (unpaired) electrons. The average molecular weight is 454 g/mol. The van der Waals surface area contributed by atoms with Crippen LogP contribution in [-0.2, 0) is 16.6 Å². The van der Waals surface area contributed by atoms with E-state index in [0.717, 1.165) is 4.88 Å². The van der Waals surface area contributed by atoms with Crippen LogP contribution in [0.3, 0.4) is 0 Å². The van der Waals surface area contributed by atoms with Crippen molar-refractivity contribution < 1.29 is 23.1 Å². The Labute approximate surface area is 180 Å². The topological polar surface area (TPSA) is 108 Å². The Morgan fingerprint density at radius 3 is 2.73 bits per heavy atom. The number of hydrogen-bond acceptors (Lipinski definition) is 7. The highest BCUT2D eigenvalue weighted by Crippen LogP contribution is 2.27. The molecule has 1 amide bonds. The number of sulfonamides is 1. The second-order valence-electron chi connectivity index (χ2n) is 6.99. The zero-order valence-electron chi connectivity index (χ0n) is 16.8. The van der Waals surface area contributed by atoms with E-state index < -0.39 is 10.0 Å². The van der Waals surface area contributed by atoms with Gasteiger partial charge in [-0.05, 0) is 43.2 Å². The van der Waals surface area contributed by atoms with Gasteiger partial charge >= 0.3 is 0 Å². The SMILES string of the molecule is COc1cccc(C(=O)NCc2ccc(S(=O)(=O)N3CCC(NCCO)CC3)s2)c1. The molecule has 2 aromatic rings. The summed E-state index contributed by atoms with van der Waals surface area (Å²) in [6, 6.07) is 10.4. The third-order valence-electron chi connectivity index (χ3n) is 4.98. The molecule has 0 spiro atoms. The van der Waals surface area contributed by atoms with Crippen LogP contribution in [0.2, 0.25) is 0 Å². The van der Waals surface area contributed by atoms with E-state index in [-0.39, 0.29) is 29.3 Å². The first-order valence-corrected chi connectivity index (χ1v) is 12.0. The largest absolute Gasteiger partial charge is 0.497 e. The molecule has 10 heteroatoms. The zero-order valence-corrected chi connectivity index (χ0v) is 18.5. The first kappa shape index (κ1) is 22.7. The van der Waals surface area contributed by atoms with Crippen LogP contribution in [0, 0.1) is 0 Å². The number of aliphatic hydroxyl groups is 1. The van der Waals surface area contributed by atoms with Crippen molar-refractivity contribution in [1.29, 1.82) is 0 Å².